The average Bonchev–Trinajstić information content (AvgIpc) is 3.59. The molecule has 2 fully saturated rings. The first-order valence-electron chi connectivity index (χ1n) is 14.6. The molecule has 2 amide bonds. The molecular formula is C31H36ClN5O6. The number of pyridine rings is 1. The molecule has 1 saturated carbocycles. The van der Waals surface area contributed by atoms with E-state index in [9.17, 15) is 14.7 Å². The van der Waals surface area contributed by atoms with Gasteiger partial charge in [-0.25, -0.2) is 4.79 Å². The second-order valence-corrected chi connectivity index (χ2v) is 12.6. The fourth-order valence-electron chi connectivity index (χ4n) is 6.03. The summed E-state index contributed by atoms with van der Waals surface area (Å²) in [4.78, 5) is 35.6. The van der Waals surface area contributed by atoms with Gasteiger partial charge < -0.3 is 39.8 Å². The fourth-order valence-corrected chi connectivity index (χ4v) is 6.20. The third-order valence-electron chi connectivity index (χ3n) is 7.97. The van der Waals surface area contributed by atoms with Crippen molar-refractivity contribution >= 4 is 35.0 Å². The lowest BCUT2D eigenvalue weighted by Crippen LogP contribution is -2.49. The number of fused-ring (bicyclic) bond motifs is 3. The van der Waals surface area contributed by atoms with Gasteiger partial charge in [0.1, 0.15) is 24.1 Å². The highest BCUT2D eigenvalue weighted by Gasteiger charge is 2.41. The van der Waals surface area contributed by atoms with E-state index in [4.69, 9.17) is 25.8 Å². The lowest BCUT2D eigenvalue weighted by atomic mass is 9.91. The number of nitrogens with one attached hydrogen (secondary N) is 3. The standard InChI is InChI=1S/C31H36ClN5O6/c1-31(2,3)43-30(40)37-12-13-41-17(15-37)16-42-23-14-33-11-10-19(23)26-27(34-22-9-5-7-20(32)28(22)38)24-25(36-26)18-6-4-8-21(18)35-29(24)39/h5,7,9-11,14,17-18,21,34,36,38H,4,6,8,12-13,15-16H2,1-3H3,(H,35,39)/t17?,18-,21+/m0/s1. The van der Waals surface area contributed by atoms with Gasteiger partial charge in [0.15, 0.2) is 5.75 Å². The van der Waals surface area contributed by atoms with E-state index in [0.717, 1.165) is 25.0 Å². The Kier molecular flexibility index (Phi) is 7.87. The average molecular weight is 610 g/mol. The summed E-state index contributed by atoms with van der Waals surface area (Å²) in [6, 6.07) is 6.90. The Labute approximate surface area is 254 Å². The fraction of sp³-hybridized carbons (Fsp3) is 0.452. The van der Waals surface area contributed by atoms with E-state index in [0.29, 0.717) is 53.6 Å². The van der Waals surface area contributed by atoms with Gasteiger partial charge in [-0.15, -0.1) is 0 Å². The van der Waals surface area contributed by atoms with Crippen LogP contribution in [0.3, 0.4) is 0 Å². The normalized spacial score (nSPS) is 21.5. The second-order valence-electron chi connectivity index (χ2n) is 12.1. The third kappa shape index (κ3) is 5.96. The SMILES string of the molecule is CC(C)(C)OC(=O)N1CCOC(COc2cnccc2-c2[nH]c3c(c2Nc2cccc(Cl)c2O)C(=O)N[C@@H]2CCC[C@H]32)C1. The molecule has 228 valence electrons. The van der Waals surface area contributed by atoms with Gasteiger partial charge in [-0.05, 0) is 51.8 Å². The predicted octanol–water partition coefficient (Wildman–Crippen LogP) is 5.57. The van der Waals surface area contributed by atoms with Crippen molar-refractivity contribution in [1.29, 1.82) is 0 Å². The van der Waals surface area contributed by atoms with Crippen LogP contribution in [0.25, 0.3) is 11.3 Å². The van der Waals surface area contributed by atoms with Gasteiger partial charge in [0.05, 0.1) is 47.0 Å². The van der Waals surface area contributed by atoms with Crippen molar-refractivity contribution in [1.82, 2.24) is 20.2 Å². The van der Waals surface area contributed by atoms with E-state index >= 15 is 0 Å². The zero-order chi connectivity index (χ0) is 30.3. The Hall–Kier alpha value is -3.96. The number of rotatable bonds is 6. The summed E-state index contributed by atoms with van der Waals surface area (Å²) in [6.45, 7) is 6.80. The molecule has 4 N–H and O–H groups in total. The number of phenols is 1. The number of amides is 2. The molecule has 3 aliphatic rings. The maximum absolute atomic E-state index is 13.5. The molecule has 3 aromatic rings. The number of aromatic amines is 1. The summed E-state index contributed by atoms with van der Waals surface area (Å²) in [5, 5.41) is 17.3. The van der Waals surface area contributed by atoms with Gasteiger partial charge in [0.25, 0.3) is 5.91 Å². The van der Waals surface area contributed by atoms with Crippen molar-refractivity contribution < 1.29 is 28.9 Å². The van der Waals surface area contributed by atoms with Crippen molar-refractivity contribution in [2.45, 2.75) is 63.7 Å². The molecule has 1 saturated heterocycles. The van der Waals surface area contributed by atoms with Crippen molar-refractivity contribution in [3.8, 4) is 22.8 Å². The number of halogens is 1. The van der Waals surface area contributed by atoms with Gasteiger partial charge in [-0.2, -0.15) is 0 Å². The molecule has 12 heteroatoms. The molecule has 3 atom stereocenters. The van der Waals surface area contributed by atoms with E-state index < -0.39 is 5.60 Å². The first kappa shape index (κ1) is 29.1. The van der Waals surface area contributed by atoms with E-state index in [1.807, 2.05) is 26.8 Å². The predicted molar refractivity (Wildman–Crippen MR) is 161 cm³/mol. The highest BCUT2D eigenvalue weighted by Crippen LogP contribution is 2.47. The van der Waals surface area contributed by atoms with Crippen LogP contribution in [-0.4, -0.2) is 76.0 Å². The lowest BCUT2D eigenvalue weighted by Gasteiger charge is -2.34. The summed E-state index contributed by atoms with van der Waals surface area (Å²) < 4.78 is 17.7. The summed E-state index contributed by atoms with van der Waals surface area (Å²) >= 11 is 6.21. The van der Waals surface area contributed by atoms with Gasteiger partial charge in [-0.1, -0.05) is 24.1 Å². The number of hydrogen-bond donors (Lipinski definition) is 4. The molecule has 1 aromatic carbocycles. The van der Waals surface area contributed by atoms with Crippen LogP contribution < -0.4 is 15.4 Å². The molecule has 1 unspecified atom stereocenters. The summed E-state index contributed by atoms with van der Waals surface area (Å²) in [7, 11) is 0. The number of ether oxygens (including phenoxy) is 3. The van der Waals surface area contributed by atoms with Crippen LogP contribution in [0.2, 0.25) is 5.02 Å². The van der Waals surface area contributed by atoms with Crippen LogP contribution in [0.1, 0.15) is 62.0 Å². The molecule has 2 aliphatic heterocycles. The van der Waals surface area contributed by atoms with E-state index in [1.54, 1.807) is 35.5 Å². The number of H-pyrrole nitrogens is 1. The number of carbonyl (C=O) groups is 2. The first-order valence-corrected chi connectivity index (χ1v) is 14.9. The summed E-state index contributed by atoms with van der Waals surface area (Å²) in [6.07, 6.45) is 5.40. The van der Waals surface area contributed by atoms with E-state index in [-0.39, 0.29) is 47.4 Å². The number of phenolic OH excluding ortho intramolecular Hbond substituents is 1. The number of aromatic hydroxyl groups is 1. The number of para-hydroxylation sites is 1. The van der Waals surface area contributed by atoms with Crippen LogP contribution >= 0.6 is 11.6 Å². The van der Waals surface area contributed by atoms with Gasteiger partial charge >= 0.3 is 6.09 Å². The molecular weight excluding hydrogens is 574 g/mol. The van der Waals surface area contributed by atoms with Crippen molar-refractivity contribution in [3.05, 3.63) is 52.9 Å². The Bertz CT molecular complexity index is 1540. The topological polar surface area (TPSA) is 138 Å². The van der Waals surface area contributed by atoms with Crippen LogP contribution in [0.4, 0.5) is 16.2 Å². The molecule has 0 bridgehead atoms. The monoisotopic (exact) mass is 609 g/mol. The van der Waals surface area contributed by atoms with Crippen molar-refractivity contribution in [2.75, 3.05) is 31.6 Å². The number of benzene rings is 1. The minimum atomic E-state index is -0.593. The Morgan fingerprint density at radius 3 is 2.93 bits per heavy atom. The highest BCUT2D eigenvalue weighted by molar-refractivity contribution is 6.32. The van der Waals surface area contributed by atoms with Crippen LogP contribution in [0.15, 0.2) is 36.7 Å². The van der Waals surface area contributed by atoms with Crippen molar-refractivity contribution in [3.63, 3.8) is 0 Å². The Morgan fingerprint density at radius 2 is 2.12 bits per heavy atom. The molecule has 43 heavy (non-hydrogen) atoms. The first-order chi connectivity index (χ1) is 20.6. The molecule has 6 rings (SSSR count). The second kappa shape index (κ2) is 11.6. The zero-order valence-corrected chi connectivity index (χ0v) is 25.2. The molecule has 11 nitrogen and oxygen atoms in total. The number of aromatic nitrogens is 2. The number of hydrogen-bond acceptors (Lipinski definition) is 8. The quantitative estimate of drug-likeness (QED) is 0.266. The summed E-state index contributed by atoms with van der Waals surface area (Å²) in [5.74, 6) is 0.325. The summed E-state index contributed by atoms with van der Waals surface area (Å²) in [5.41, 5.74) is 2.95. The number of morpholine rings is 1. The maximum Gasteiger partial charge on any atom is 0.410 e. The third-order valence-corrected chi connectivity index (χ3v) is 8.28. The van der Waals surface area contributed by atoms with Crippen molar-refractivity contribution in [2.24, 2.45) is 0 Å². The van der Waals surface area contributed by atoms with Crippen LogP contribution in [0.5, 0.6) is 11.5 Å². The minimum absolute atomic E-state index is 0.0726. The molecule has 2 aromatic heterocycles. The largest absolute Gasteiger partial charge is 0.504 e. The maximum atomic E-state index is 13.5. The molecule has 0 spiro atoms. The van der Waals surface area contributed by atoms with Gasteiger partial charge in [-0.3, -0.25) is 9.78 Å². The Morgan fingerprint density at radius 1 is 1.28 bits per heavy atom. The van der Waals surface area contributed by atoms with E-state index in [1.165, 1.54) is 0 Å². The zero-order valence-electron chi connectivity index (χ0n) is 24.4. The number of nitrogens with zero attached hydrogens (tertiary/aromatic N) is 2. The van der Waals surface area contributed by atoms with Crippen LogP contribution in [0, 0.1) is 0 Å². The molecule has 4 heterocycles. The van der Waals surface area contributed by atoms with Gasteiger partial charge in [0.2, 0.25) is 0 Å². The number of carbonyl (C=O) groups excluding carboxylic acids is 2. The molecule has 1 aliphatic carbocycles. The van der Waals surface area contributed by atoms with E-state index in [2.05, 4.69) is 20.6 Å². The van der Waals surface area contributed by atoms with Crippen LogP contribution in [-0.2, 0) is 9.47 Å². The highest BCUT2D eigenvalue weighted by atomic mass is 35.5. The Balaban J connectivity index is 1.31. The lowest BCUT2D eigenvalue weighted by molar-refractivity contribution is -0.0556. The smallest absolute Gasteiger partial charge is 0.410 e. The van der Waals surface area contributed by atoms with Gasteiger partial charge in [0, 0.05) is 36.0 Å². The number of anilines is 2. The minimum Gasteiger partial charge on any atom is -0.504 e. The molecule has 0 radical (unpaired) electrons.